The number of carbonyl (C=O) groups is 1. The SMILES string of the molecule is CCC(CC)NC(=O)CCNS(=O)(=O)c1ccc(OC(F)(F)F)cc1. The normalized spacial score (nSPS) is 12.2. The molecule has 0 spiro atoms. The molecule has 0 radical (unpaired) electrons. The quantitative estimate of drug-likeness (QED) is 0.688. The first-order valence-corrected chi connectivity index (χ1v) is 9.20. The molecule has 1 aromatic rings. The van der Waals surface area contributed by atoms with Crippen LogP contribution in [0, 0.1) is 0 Å². The summed E-state index contributed by atoms with van der Waals surface area (Å²) in [4.78, 5) is 11.5. The highest BCUT2D eigenvalue weighted by atomic mass is 32.2. The first-order chi connectivity index (χ1) is 11.6. The van der Waals surface area contributed by atoms with Gasteiger partial charge >= 0.3 is 6.36 Å². The molecule has 0 saturated carbocycles. The van der Waals surface area contributed by atoms with Gasteiger partial charge in [-0.3, -0.25) is 4.79 Å². The number of hydrogen-bond acceptors (Lipinski definition) is 4. The van der Waals surface area contributed by atoms with Gasteiger partial charge in [0.25, 0.3) is 0 Å². The number of alkyl halides is 3. The van der Waals surface area contributed by atoms with Gasteiger partial charge in [0.15, 0.2) is 0 Å². The van der Waals surface area contributed by atoms with Crippen LogP contribution >= 0.6 is 0 Å². The summed E-state index contributed by atoms with van der Waals surface area (Å²) in [6.45, 7) is 3.75. The molecule has 6 nitrogen and oxygen atoms in total. The molecule has 0 bridgehead atoms. The number of sulfonamides is 1. The largest absolute Gasteiger partial charge is 0.573 e. The fourth-order valence-electron chi connectivity index (χ4n) is 2.00. The Bertz CT molecular complexity index is 656. The molecule has 25 heavy (non-hydrogen) atoms. The topological polar surface area (TPSA) is 84.5 Å². The van der Waals surface area contributed by atoms with Crippen LogP contribution in [0.25, 0.3) is 0 Å². The Balaban J connectivity index is 2.57. The van der Waals surface area contributed by atoms with Crippen LogP contribution in [0.15, 0.2) is 29.2 Å². The molecular formula is C15H21F3N2O4S. The number of rotatable bonds is 9. The van der Waals surface area contributed by atoms with Gasteiger partial charge in [-0.2, -0.15) is 0 Å². The van der Waals surface area contributed by atoms with E-state index in [9.17, 15) is 26.4 Å². The first kappa shape index (κ1) is 21.2. The summed E-state index contributed by atoms with van der Waals surface area (Å²) in [5.41, 5.74) is 0. The average Bonchev–Trinajstić information content (AvgIpc) is 2.51. The molecule has 1 rings (SSSR count). The second kappa shape index (κ2) is 9.04. The summed E-state index contributed by atoms with van der Waals surface area (Å²) in [6, 6.07) is 3.84. The lowest BCUT2D eigenvalue weighted by Crippen LogP contribution is -2.36. The summed E-state index contributed by atoms with van der Waals surface area (Å²) in [6.07, 6.45) is -3.33. The molecule has 0 heterocycles. The summed E-state index contributed by atoms with van der Waals surface area (Å²) >= 11 is 0. The van der Waals surface area contributed by atoms with E-state index < -0.39 is 22.1 Å². The lowest BCUT2D eigenvalue weighted by Gasteiger charge is -2.14. The lowest BCUT2D eigenvalue weighted by molar-refractivity contribution is -0.274. The van der Waals surface area contributed by atoms with E-state index in [1.807, 2.05) is 13.8 Å². The van der Waals surface area contributed by atoms with E-state index in [0.29, 0.717) is 0 Å². The van der Waals surface area contributed by atoms with Crippen LogP contribution in [0.3, 0.4) is 0 Å². The molecule has 0 aromatic heterocycles. The minimum absolute atomic E-state index is 0.0367. The number of nitrogens with one attached hydrogen (secondary N) is 2. The molecule has 0 unspecified atom stereocenters. The van der Waals surface area contributed by atoms with Crippen molar-refractivity contribution in [2.75, 3.05) is 6.54 Å². The third-order valence-electron chi connectivity index (χ3n) is 3.36. The molecule has 142 valence electrons. The second-order valence-electron chi connectivity index (χ2n) is 5.25. The van der Waals surface area contributed by atoms with Crippen molar-refractivity contribution < 1.29 is 31.1 Å². The second-order valence-corrected chi connectivity index (χ2v) is 7.01. The highest BCUT2D eigenvalue weighted by molar-refractivity contribution is 7.89. The molecule has 2 N–H and O–H groups in total. The van der Waals surface area contributed by atoms with Crippen molar-refractivity contribution in [3.8, 4) is 5.75 Å². The lowest BCUT2D eigenvalue weighted by atomic mass is 10.1. The van der Waals surface area contributed by atoms with E-state index in [1.54, 1.807) is 0 Å². The van der Waals surface area contributed by atoms with E-state index in [4.69, 9.17) is 0 Å². The Kier molecular flexibility index (Phi) is 7.68. The Morgan fingerprint density at radius 2 is 1.72 bits per heavy atom. The van der Waals surface area contributed by atoms with Crippen molar-refractivity contribution in [2.24, 2.45) is 0 Å². The molecule has 0 atom stereocenters. The predicted octanol–water partition coefficient (Wildman–Crippen LogP) is 2.56. The number of amides is 1. The van der Waals surface area contributed by atoms with Gasteiger partial charge in [0.05, 0.1) is 4.90 Å². The van der Waals surface area contributed by atoms with Gasteiger partial charge in [-0.05, 0) is 37.1 Å². The standard InChI is InChI=1S/C15H21F3N2O4S/c1-3-11(4-2)20-14(21)9-10-19-25(22,23)13-7-5-12(6-8-13)24-15(16,17)18/h5-8,11,19H,3-4,9-10H2,1-2H3,(H,20,21). The maximum absolute atomic E-state index is 12.1. The molecule has 0 aliphatic rings. The number of halogens is 3. The van der Waals surface area contributed by atoms with Crippen molar-refractivity contribution in [3.63, 3.8) is 0 Å². The van der Waals surface area contributed by atoms with Gasteiger partial charge in [0.2, 0.25) is 15.9 Å². The van der Waals surface area contributed by atoms with Gasteiger partial charge in [-0.25, -0.2) is 13.1 Å². The summed E-state index contributed by atoms with van der Waals surface area (Å²) in [5.74, 6) is -0.790. The molecule has 0 aliphatic carbocycles. The molecule has 0 aliphatic heterocycles. The number of carbonyl (C=O) groups excluding carboxylic acids is 1. The third kappa shape index (κ3) is 7.74. The van der Waals surface area contributed by atoms with Crippen LogP contribution in [0.4, 0.5) is 13.2 Å². The van der Waals surface area contributed by atoms with Crippen molar-refractivity contribution in [1.29, 1.82) is 0 Å². The van der Waals surface area contributed by atoms with E-state index in [-0.39, 0.29) is 29.8 Å². The molecule has 0 fully saturated rings. The van der Waals surface area contributed by atoms with Crippen LogP contribution in [0.5, 0.6) is 5.75 Å². The van der Waals surface area contributed by atoms with Crippen LogP contribution in [0.2, 0.25) is 0 Å². The fourth-order valence-corrected chi connectivity index (χ4v) is 3.03. The highest BCUT2D eigenvalue weighted by Crippen LogP contribution is 2.23. The van der Waals surface area contributed by atoms with Crippen LogP contribution in [0.1, 0.15) is 33.1 Å². The number of benzene rings is 1. The minimum Gasteiger partial charge on any atom is -0.406 e. The van der Waals surface area contributed by atoms with Gasteiger partial charge in [-0.15, -0.1) is 13.2 Å². The molecule has 1 aromatic carbocycles. The maximum atomic E-state index is 12.1. The smallest absolute Gasteiger partial charge is 0.406 e. The zero-order valence-electron chi connectivity index (χ0n) is 13.9. The third-order valence-corrected chi connectivity index (χ3v) is 4.84. The van der Waals surface area contributed by atoms with E-state index in [0.717, 1.165) is 37.1 Å². The number of ether oxygens (including phenoxy) is 1. The van der Waals surface area contributed by atoms with E-state index in [2.05, 4.69) is 14.8 Å². The van der Waals surface area contributed by atoms with E-state index in [1.165, 1.54) is 0 Å². The Labute approximate surface area is 144 Å². The molecular weight excluding hydrogens is 361 g/mol. The summed E-state index contributed by atoms with van der Waals surface area (Å²) < 4.78 is 66.2. The van der Waals surface area contributed by atoms with Crippen LogP contribution < -0.4 is 14.8 Å². The molecule has 10 heteroatoms. The zero-order valence-corrected chi connectivity index (χ0v) is 14.7. The van der Waals surface area contributed by atoms with Crippen LogP contribution in [-0.4, -0.2) is 33.3 Å². The fraction of sp³-hybridized carbons (Fsp3) is 0.533. The van der Waals surface area contributed by atoms with Crippen LogP contribution in [-0.2, 0) is 14.8 Å². The monoisotopic (exact) mass is 382 g/mol. The Hall–Kier alpha value is -1.81. The Morgan fingerprint density at radius 3 is 2.20 bits per heavy atom. The van der Waals surface area contributed by atoms with Gasteiger partial charge in [0.1, 0.15) is 5.75 Å². The van der Waals surface area contributed by atoms with E-state index >= 15 is 0 Å². The predicted molar refractivity (Wildman–Crippen MR) is 85.4 cm³/mol. The Morgan fingerprint density at radius 1 is 1.16 bits per heavy atom. The molecule has 1 amide bonds. The van der Waals surface area contributed by atoms with Crippen molar-refractivity contribution in [2.45, 2.75) is 50.4 Å². The van der Waals surface area contributed by atoms with Gasteiger partial charge < -0.3 is 10.1 Å². The average molecular weight is 382 g/mol. The highest BCUT2D eigenvalue weighted by Gasteiger charge is 2.31. The maximum Gasteiger partial charge on any atom is 0.573 e. The van der Waals surface area contributed by atoms with Crippen molar-refractivity contribution in [1.82, 2.24) is 10.0 Å². The van der Waals surface area contributed by atoms with Crippen molar-refractivity contribution in [3.05, 3.63) is 24.3 Å². The first-order valence-electron chi connectivity index (χ1n) is 7.72. The minimum atomic E-state index is -4.85. The van der Waals surface area contributed by atoms with Crippen molar-refractivity contribution >= 4 is 15.9 Å². The van der Waals surface area contributed by atoms with Gasteiger partial charge in [-0.1, -0.05) is 13.8 Å². The number of hydrogen-bond donors (Lipinski definition) is 2. The summed E-state index contributed by atoms with van der Waals surface area (Å²) in [7, 11) is -3.92. The summed E-state index contributed by atoms with van der Waals surface area (Å²) in [5, 5.41) is 2.77. The zero-order chi connectivity index (χ0) is 19.1. The molecule has 0 saturated heterocycles. The van der Waals surface area contributed by atoms with Gasteiger partial charge in [0, 0.05) is 19.0 Å².